The quantitative estimate of drug-likeness (QED) is 0.275. The van der Waals surface area contributed by atoms with Crippen LogP contribution >= 0.6 is 0 Å². The Hall–Kier alpha value is 0.359. The first-order valence-electron chi connectivity index (χ1n) is 0.632. The Labute approximate surface area is 31.8 Å². The molecule has 5 heteroatoms. The van der Waals surface area contributed by atoms with Gasteiger partial charge in [-0.25, -0.2) is 0 Å². The van der Waals surface area contributed by atoms with Crippen LogP contribution in [-0.4, -0.2) is 16.8 Å². The van der Waals surface area contributed by atoms with Crippen molar-refractivity contribution in [2.24, 2.45) is 0 Å². The maximum atomic E-state index is 7.31. The monoisotopic (exact) mass is 124 g/mol. The molecule has 0 heterocycles. The Kier molecular flexibility index (Phi) is 1.30. The van der Waals surface area contributed by atoms with E-state index in [0.29, 0.717) is 0 Å². The molecule has 0 aliphatic heterocycles. The van der Waals surface area contributed by atoms with Crippen LogP contribution in [0.3, 0.4) is 0 Å². The van der Waals surface area contributed by atoms with E-state index in [4.69, 9.17) is 16.8 Å². The van der Waals surface area contributed by atoms with Crippen molar-refractivity contribution in [3.63, 3.8) is 0 Å². The van der Waals surface area contributed by atoms with Crippen LogP contribution in [0.1, 0.15) is 0 Å². The average molecular weight is 124 g/mol. The zero-order valence-corrected chi connectivity index (χ0v) is 3.25. The zero-order valence-electron chi connectivity index (χ0n) is 2.14. The van der Waals surface area contributed by atoms with Crippen molar-refractivity contribution in [1.82, 2.24) is 0 Å². The molecular weight excluding hydrogens is 120 g/mol. The minimum absolute atomic E-state index is 4.50. The second-order valence-electron chi connectivity index (χ2n) is 0.424. The molecule has 0 radical (unpaired) electrons. The molecule has 0 atom stereocenters. The van der Waals surface area contributed by atoms with E-state index in [1.165, 1.54) is 0 Å². The second-order valence-corrected chi connectivity index (χ2v) is 1.75. The molecule has 5 heavy (non-hydrogen) atoms. The van der Waals surface area contributed by atoms with Crippen LogP contribution in [0.15, 0.2) is 0 Å². The second kappa shape index (κ2) is 1.22. The summed E-state index contributed by atoms with van der Waals surface area (Å²) in [6.07, 6.45) is 0. The average Bonchev–Trinajstić information content (AvgIpc) is 0.722. The molecule has 0 spiro atoms. The summed E-state index contributed by atoms with van der Waals surface area (Å²) >= 11 is -4.50. The van der Waals surface area contributed by atoms with Gasteiger partial charge in [0.2, 0.25) is 0 Å². The fraction of sp³-hybridized carbons (Fsp3) is 0. The molecule has 4 nitrogen and oxygen atoms in total. The molecule has 0 saturated carbocycles. The van der Waals surface area contributed by atoms with Crippen LogP contribution in [0.25, 0.3) is 0 Å². The Morgan fingerprint density at radius 1 is 0.800 bits per heavy atom. The molecule has 0 aliphatic rings. The molecule has 36 valence electrons. The fourth-order valence-corrected chi connectivity index (χ4v) is 0. The van der Waals surface area contributed by atoms with Gasteiger partial charge in [-0.1, -0.05) is 0 Å². The first kappa shape index (κ1) is 5.36. The maximum absolute atomic E-state index is 7.31. The summed E-state index contributed by atoms with van der Waals surface area (Å²) in [7, 11) is 0. The summed E-state index contributed by atoms with van der Waals surface area (Å²) in [6.45, 7) is 0. The third-order valence-corrected chi connectivity index (χ3v) is 0. The van der Waals surface area contributed by atoms with Crippen molar-refractivity contribution in [3.8, 4) is 0 Å². The van der Waals surface area contributed by atoms with E-state index in [2.05, 4.69) is 0 Å². The molecule has 0 unspecified atom stereocenters. The Morgan fingerprint density at radius 3 is 0.800 bits per heavy atom. The van der Waals surface area contributed by atoms with E-state index in [1.807, 2.05) is 0 Å². The molecule has 0 amide bonds. The van der Waals surface area contributed by atoms with Crippen molar-refractivity contribution in [2.45, 2.75) is 0 Å². The molecular formula is H4FeO4. The summed E-state index contributed by atoms with van der Waals surface area (Å²) in [5.74, 6) is 0. The summed E-state index contributed by atoms with van der Waals surface area (Å²) in [5.41, 5.74) is 0. The third kappa shape index (κ3) is 188. The van der Waals surface area contributed by atoms with Gasteiger partial charge >= 0.3 is 30.9 Å². The van der Waals surface area contributed by atoms with Crippen LogP contribution in [0.4, 0.5) is 0 Å². The van der Waals surface area contributed by atoms with Gasteiger partial charge in [-0.3, -0.25) is 0 Å². The van der Waals surface area contributed by atoms with Crippen LogP contribution in [0.2, 0.25) is 0 Å². The summed E-state index contributed by atoms with van der Waals surface area (Å²) in [4.78, 5) is 0. The van der Waals surface area contributed by atoms with E-state index in [-0.39, 0.29) is 0 Å². The van der Waals surface area contributed by atoms with Crippen molar-refractivity contribution in [2.75, 3.05) is 0 Å². The van der Waals surface area contributed by atoms with Crippen LogP contribution in [0.5, 0.6) is 0 Å². The summed E-state index contributed by atoms with van der Waals surface area (Å²) in [5, 5.41) is 0. The topological polar surface area (TPSA) is 80.9 Å². The Bertz CT molecular complexity index is 19.1. The predicted molar refractivity (Wildman–Crippen MR) is 8.88 cm³/mol. The SMILES string of the molecule is [OH][Fe]([OH])([OH])[OH]. The molecule has 0 saturated heterocycles. The van der Waals surface area contributed by atoms with Gasteiger partial charge in [0.25, 0.3) is 0 Å². The van der Waals surface area contributed by atoms with E-state index >= 15 is 0 Å². The number of rotatable bonds is 0. The van der Waals surface area contributed by atoms with Crippen LogP contribution in [0, 0.1) is 0 Å². The van der Waals surface area contributed by atoms with Gasteiger partial charge in [-0.15, -0.1) is 0 Å². The number of hydrogen-bond acceptors (Lipinski definition) is 4. The van der Waals surface area contributed by atoms with Gasteiger partial charge in [-0.2, -0.15) is 0 Å². The summed E-state index contributed by atoms with van der Waals surface area (Å²) < 4.78 is 29.2. The first-order chi connectivity index (χ1) is 2.00. The molecule has 0 aliphatic carbocycles. The zero-order chi connectivity index (χ0) is 4.50. The molecule has 4 N–H and O–H groups in total. The standard InChI is InChI=1S/Fe.4H2O/h;4*1H2/q+4;;;;/p-4. The molecule has 0 fully saturated rings. The van der Waals surface area contributed by atoms with Gasteiger partial charge in [0.05, 0.1) is 0 Å². The normalized spacial score (nSPS) is 15.2. The van der Waals surface area contributed by atoms with Crippen molar-refractivity contribution in [3.05, 3.63) is 0 Å². The molecule has 0 aromatic rings. The van der Waals surface area contributed by atoms with E-state index in [0.717, 1.165) is 0 Å². The van der Waals surface area contributed by atoms with E-state index in [9.17, 15) is 0 Å². The van der Waals surface area contributed by atoms with E-state index in [1.54, 1.807) is 0 Å². The van der Waals surface area contributed by atoms with Crippen molar-refractivity contribution < 1.29 is 30.9 Å². The fourth-order valence-electron chi connectivity index (χ4n) is 0. The van der Waals surface area contributed by atoms with E-state index < -0.39 is 14.2 Å². The van der Waals surface area contributed by atoms with Gasteiger partial charge in [0.15, 0.2) is 0 Å². The first-order valence-corrected chi connectivity index (χ1v) is 2.61. The minimum atomic E-state index is -4.50. The van der Waals surface area contributed by atoms with Crippen LogP contribution < -0.4 is 0 Å². The molecule has 0 aromatic carbocycles. The van der Waals surface area contributed by atoms with Crippen molar-refractivity contribution >= 4 is 0 Å². The Balaban J connectivity index is 3.02. The molecule has 0 aromatic heterocycles. The van der Waals surface area contributed by atoms with Gasteiger partial charge in [0, 0.05) is 0 Å². The van der Waals surface area contributed by atoms with Crippen molar-refractivity contribution in [1.29, 1.82) is 0 Å². The van der Waals surface area contributed by atoms with Gasteiger partial charge in [0.1, 0.15) is 0 Å². The number of hydrogen-bond donors (Lipinski definition) is 4. The Morgan fingerprint density at radius 2 is 0.800 bits per heavy atom. The summed E-state index contributed by atoms with van der Waals surface area (Å²) in [6, 6.07) is 0. The third-order valence-electron chi connectivity index (χ3n) is 0. The van der Waals surface area contributed by atoms with Gasteiger partial charge in [-0.05, 0) is 0 Å². The van der Waals surface area contributed by atoms with Crippen LogP contribution in [-0.2, 0) is 14.2 Å². The predicted octanol–water partition coefficient (Wildman–Crippen LogP) is -2.23. The van der Waals surface area contributed by atoms with Gasteiger partial charge < -0.3 is 0 Å². The molecule has 0 bridgehead atoms. The molecule has 0 rings (SSSR count).